The van der Waals surface area contributed by atoms with Gasteiger partial charge in [-0.25, -0.2) is 19.6 Å². The summed E-state index contributed by atoms with van der Waals surface area (Å²) in [4.78, 5) is 19.5. The van der Waals surface area contributed by atoms with Crippen LogP contribution in [0.25, 0.3) is 0 Å². The maximum atomic E-state index is 10.7. The van der Waals surface area contributed by atoms with Gasteiger partial charge < -0.3 is 9.90 Å². The number of halogens is 9. The molecule has 0 aromatic rings. The fraction of sp³-hybridized carbons (Fsp3) is 0.375. The fourth-order valence-corrected chi connectivity index (χ4v) is 1.45. The molecule has 0 heterocycles. The van der Waals surface area contributed by atoms with Crippen LogP contribution in [-0.4, -0.2) is 25.5 Å². The van der Waals surface area contributed by atoms with E-state index in [1.54, 1.807) is 0 Å². The van der Waals surface area contributed by atoms with Crippen molar-refractivity contribution in [2.45, 2.75) is 13.8 Å². The minimum atomic E-state index is -5.19. The summed E-state index contributed by atoms with van der Waals surface area (Å²) in [5, 5.41) is 8.78. The molecule has 0 saturated heterocycles. The Kier molecular flexibility index (Phi) is 17.3. The number of aliphatic carboxylic acids is 1. The number of alkyl halides is 9. The zero-order valence-electron chi connectivity index (χ0n) is 9.43. The Morgan fingerprint density at radius 3 is 1.14 bits per heavy atom. The third-order valence-electron chi connectivity index (χ3n) is 0.746. The van der Waals surface area contributed by atoms with E-state index in [4.69, 9.17) is 79.5 Å². The first kappa shape index (κ1) is 29.7. The Morgan fingerprint density at radius 1 is 1.00 bits per heavy atom. The molecular formula is C8H5Cl6F3NiO3. The first-order valence-corrected chi connectivity index (χ1v) is 6.15. The second kappa shape index (κ2) is 12.2. The van der Waals surface area contributed by atoms with Crippen molar-refractivity contribution < 1.29 is 44.4 Å². The standard InChI is InChI=1S/C3Cl6O.C3H5.C2HF3O2.Ni/c4-2(5,6)1(10)3(7,8)9;1-3-2;3-2(4,5)1(6)7;/h;3H,1-2H2;(H,6,7);/q;-1;;+2/p-1. The molecule has 0 saturated carbocycles. The van der Waals surface area contributed by atoms with E-state index in [0.717, 1.165) is 0 Å². The second-order valence-corrected chi connectivity index (χ2v) is 6.96. The molecule has 128 valence electrons. The summed E-state index contributed by atoms with van der Waals surface area (Å²) < 4.78 is 27.2. The third kappa shape index (κ3) is 20.8. The van der Waals surface area contributed by atoms with E-state index in [2.05, 4.69) is 13.5 Å². The van der Waals surface area contributed by atoms with E-state index in [1.165, 1.54) is 6.08 Å². The van der Waals surface area contributed by atoms with Crippen molar-refractivity contribution in [2.24, 2.45) is 0 Å². The molecule has 0 unspecified atom stereocenters. The minimum absolute atomic E-state index is 0. The normalized spacial score (nSPS) is 10.7. The first-order valence-electron chi connectivity index (χ1n) is 3.88. The number of carboxylic acid groups (broad SMARTS) is 1. The molecule has 0 aromatic carbocycles. The predicted octanol–water partition coefficient (Wildman–Crippen LogP) is 3.60. The van der Waals surface area contributed by atoms with Gasteiger partial charge in [-0.15, -0.1) is 0 Å². The molecule has 0 aliphatic heterocycles. The summed E-state index contributed by atoms with van der Waals surface area (Å²) in [6.07, 6.45) is -3.69. The van der Waals surface area contributed by atoms with Gasteiger partial charge in [0, 0.05) is 0 Å². The first-order chi connectivity index (χ1) is 8.51. The number of hydrogen-bond acceptors (Lipinski definition) is 3. The van der Waals surface area contributed by atoms with Crippen molar-refractivity contribution in [3.05, 3.63) is 19.6 Å². The smallest absolute Gasteiger partial charge is 0.542 e. The summed E-state index contributed by atoms with van der Waals surface area (Å²) >= 11 is 30.6. The Labute approximate surface area is 158 Å². The molecule has 0 aliphatic carbocycles. The molecule has 3 nitrogen and oxygen atoms in total. The zero-order chi connectivity index (χ0) is 17.4. The minimum Gasteiger partial charge on any atom is -0.542 e. The number of ketones is 1. The zero-order valence-corrected chi connectivity index (χ0v) is 15.0. The maximum absolute atomic E-state index is 10.7. The van der Waals surface area contributed by atoms with Crippen LogP contribution >= 0.6 is 69.6 Å². The summed E-state index contributed by atoms with van der Waals surface area (Å²) in [6, 6.07) is 0. The van der Waals surface area contributed by atoms with Crippen LogP contribution < -0.4 is 5.11 Å². The van der Waals surface area contributed by atoms with Crippen molar-refractivity contribution in [1.29, 1.82) is 0 Å². The molecule has 0 aliphatic rings. The Balaban J connectivity index is -0.000000115. The topological polar surface area (TPSA) is 57.2 Å². The van der Waals surface area contributed by atoms with E-state index in [-0.39, 0.29) is 16.5 Å². The van der Waals surface area contributed by atoms with Gasteiger partial charge in [0.05, 0.1) is 0 Å². The molecule has 0 fully saturated rings. The van der Waals surface area contributed by atoms with Crippen LogP contribution in [-0.2, 0) is 26.1 Å². The fourth-order valence-electron chi connectivity index (χ4n) is 0.161. The molecule has 13 heteroatoms. The Morgan fingerprint density at radius 2 is 1.14 bits per heavy atom. The molecule has 0 aromatic heterocycles. The van der Waals surface area contributed by atoms with Crippen LogP contribution in [0.1, 0.15) is 0 Å². The molecule has 0 bridgehead atoms. The monoisotopic (exact) mass is 474 g/mol. The SMILES string of the molecule is C=C[CH2-].O=C(C(Cl)(Cl)Cl)C(Cl)(Cl)Cl.O=C([O-])C(F)(F)F.[Ni+2]. The van der Waals surface area contributed by atoms with Gasteiger partial charge in [-0.2, -0.15) is 13.2 Å². The summed E-state index contributed by atoms with van der Waals surface area (Å²) in [5.41, 5.74) is 0. The van der Waals surface area contributed by atoms with Crippen LogP contribution in [0, 0.1) is 6.92 Å². The van der Waals surface area contributed by atoms with Gasteiger partial charge in [0.15, 0.2) is 0 Å². The van der Waals surface area contributed by atoms with Crippen LogP contribution in [0.15, 0.2) is 12.7 Å². The van der Waals surface area contributed by atoms with Crippen LogP contribution in [0.3, 0.4) is 0 Å². The van der Waals surface area contributed by atoms with E-state index < -0.39 is 25.5 Å². The third-order valence-corrected chi connectivity index (χ3v) is 1.78. The van der Waals surface area contributed by atoms with E-state index in [0.29, 0.717) is 0 Å². The number of rotatable bonds is 0. The Bertz CT molecular complexity index is 322. The molecule has 0 radical (unpaired) electrons. The van der Waals surface area contributed by atoms with Crippen molar-refractivity contribution in [1.82, 2.24) is 0 Å². The van der Waals surface area contributed by atoms with Crippen molar-refractivity contribution in [3.63, 3.8) is 0 Å². The molecular weight excluding hydrogens is 472 g/mol. The number of carboxylic acids is 1. The van der Waals surface area contributed by atoms with Gasteiger partial charge >= 0.3 is 22.7 Å². The van der Waals surface area contributed by atoms with E-state index in [1.807, 2.05) is 0 Å². The quantitative estimate of drug-likeness (QED) is 0.304. The van der Waals surface area contributed by atoms with Gasteiger partial charge in [-0.1, -0.05) is 69.6 Å². The van der Waals surface area contributed by atoms with Gasteiger partial charge in [0.2, 0.25) is 5.78 Å². The average Bonchev–Trinajstić information content (AvgIpc) is 2.14. The number of hydrogen-bond donors (Lipinski definition) is 0. The van der Waals surface area contributed by atoms with E-state index in [9.17, 15) is 18.0 Å². The van der Waals surface area contributed by atoms with Crippen LogP contribution in [0.2, 0.25) is 0 Å². The van der Waals surface area contributed by atoms with Crippen molar-refractivity contribution in [3.8, 4) is 0 Å². The summed E-state index contributed by atoms with van der Waals surface area (Å²) in [5.74, 6) is -4.09. The molecule has 0 N–H and O–H groups in total. The summed E-state index contributed by atoms with van der Waals surface area (Å²) in [6.45, 7) is 6.50. The van der Waals surface area contributed by atoms with Crippen LogP contribution in [0.5, 0.6) is 0 Å². The molecule has 0 amide bonds. The number of allylic oxidation sites excluding steroid dienone is 1. The molecule has 0 rings (SSSR count). The predicted molar refractivity (Wildman–Crippen MR) is 72.2 cm³/mol. The average molecular weight is 478 g/mol. The Hall–Kier alpha value is 0.774. The van der Waals surface area contributed by atoms with Gasteiger partial charge in [-0.05, 0) is 0 Å². The number of Topliss-reactive ketones (excluding diaryl/α,β-unsaturated/α-hetero) is 1. The second-order valence-electron chi connectivity index (χ2n) is 2.40. The van der Waals surface area contributed by atoms with Gasteiger partial charge in [0.1, 0.15) is 5.97 Å². The van der Waals surface area contributed by atoms with Gasteiger partial charge in [-0.3, -0.25) is 4.79 Å². The molecule has 21 heavy (non-hydrogen) atoms. The van der Waals surface area contributed by atoms with Gasteiger partial charge in [0.25, 0.3) is 7.59 Å². The van der Waals surface area contributed by atoms with Crippen LogP contribution in [0.4, 0.5) is 13.2 Å². The van der Waals surface area contributed by atoms with E-state index >= 15 is 0 Å². The van der Waals surface area contributed by atoms with Crippen molar-refractivity contribution in [2.75, 3.05) is 0 Å². The largest absolute Gasteiger partial charge is 2.00 e. The number of carbonyl (C=O) groups is 2. The van der Waals surface area contributed by atoms with Crippen molar-refractivity contribution >= 4 is 81.4 Å². The summed E-state index contributed by atoms with van der Waals surface area (Å²) in [7, 11) is 0. The number of carbonyl (C=O) groups excluding carboxylic acids is 2. The maximum Gasteiger partial charge on any atom is 2.00 e. The molecule has 0 spiro atoms. The molecule has 0 atom stereocenters.